The van der Waals surface area contributed by atoms with Crippen LogP contribution < -0.4 is 5.32 Å². The first-order valence-electron chi connectivity index (χ1n) is 14.1. The summed E-state index contributed by atoms with van der Waals surface area (Å²) in [6.45, 7) is 7.87. The van der Waals surface area contributed by atoms with E-state index in [4.69, 9.17) is 23.7 Å². The van der Waals surface area contributed by atoms with Gasteiger partial charge in [-0.1, -0.05) is 71.9 Å². The Morgan fingerprint density at radius 2 is 1.76 bits per heavy atom. The minimum Gasteiger partial charge on any atom is -0.460 e. The van der Waals surface area contributed by atoms with Gasteiger partial charge in [-0.25, -0.2) is 0 Å². The number of ether oxygens (including phenoxy) is 5. The summed E-state index contributed by atoms with van der Waals surface area (Å²) >= 11 is 0. The Hall–Kier alpha value is -3.73. The topological polar surface area (TPSA) is 141 Å². The lowest BCUT2D eigenvalue weighted by molar-refractivity contribution is -0.265. The lowest BCUT2D eigenvalue weighted by Crippen LogP contribution is -2.58. The van der Waals surface area contributed by atoms with E-state index in [0.717, 1.165) is 11.1 Å². The van der Waals surface area contributed by atoms with Crippen molar-refractivity contribution in [3.63, 3.8) is 0 Å². The lowest BCUT2D eigenvalue weighted by atomic mass is 9.97. The van der Waals surface area contributed by atoms with Gasteiger partial charge < -0.3 is 29.0 Å². The van der Waals surface area contributed by atoms with Crippen molar-refractivity contribution >= 4 is 11.9 Å². The number of rotatable bonds is 17. The molecule has 0 bridgehead atoms. The molecule has 11 nitrogen and oxygen atoms in total. The van der Waals surface area contributed by atoms with Crippen molar-refractivity contribution in [1.29, 1.82) is 0 Å². The second kappa shape index (κ2) is 17.9. The zero-order valence-corrected chi connectivity index (χ0v) is 24.2. The van der Waals surface area contributed by atoms with Crippen molar-refractivity contribution in [2.24, 2.45) is 5.11 Å². The first kappa shape index (κ1) is 32.8. The summed E-state index contributed by atoms with van der Waals surface area (Å²) in [5, 5.41) is 7.18. The highest BCUT2D eigenvalue weighted by molar-refractivity contribution is 5.75. The van der Waals surface area contributed by atoms with Crippen LogP contribution >= 0.6 is 0 Å². The van der Waals surface area contributed by atoms with Crippen LogP contribution in [0.25, 0.3) is 10.4 Å². The summed E-state index contributed by atoms with van der Waals surface area (Å²) in [7, 11) is 0. The highest BCUT2D eigenvalue weighted by Gasteiger charge is 2.47. The molecule has 11 heteroatoms. The lowest BCUT2D eigenvalue weighted by Gasteiger charge is -2.43. The molecule has 2 aromatic rings. The number of carbonyl (C=O) groups excluding carboxylic acids is 2. The Morgan fingerprint density at radius 3 is 2.40 bits per heavy atom. The SMILES string of the molecule is C=CCO[C@@H]1[C@@H](N=[N+]=[N-])[C@H](OCCCCC(NCc2ccccc2)C(=O)OCc2ccccc2)O[C@H](C)[C@H]1OC(C)=O. The molecule has 3 rings (SSSR count). The van der Waals surface area contributed by atoms with E-state index in [2.05, 4.69) is 21.9 Å². The fraction of sp³-hybridized carbons (Fsp3) is 0.484. The smallest absolute Gasteiger partial charge is 0.323 e. The van der Waals surface area contributed by atoms with E-state index in [1.165, 1.54) is 6.92 Å². The number of hydrogen-bond donors (Lipinski definition) is 1. The molecule has 1 unspecified atom stereocenters. The zero-order valence-electron chi connectivity index (χ0n) is 24.2. The molecule has 1 saturated heterocycles. The van der Waals surface area contributed by atoms with E-state index in [0.29, 0.717) is 25.8 Å². The first-order chi connectivity index (χ1) is 20.4. The third-order valence-corrected chi connectivity index (χ3v) is 6.72. The molecule has 1 N–H and O–H groups in total. The van der Waals surface area contributed by atoms with Crippen molar-refractivity contribution in [3.05, 3.63) is 94.9 Å². The number of nitrogens with zero attached hydrogens (tertiary/aromatic N) is 3. The maximum Gasteiger partial charge on any atom is 0.323 e. The van der Waals surface area contributed by atoms with Crippen molar-refractivity contribution in [1.82, 2.24) is 5.32 Å². The van der Waals surface area contributed by atoms with Gasteiger partial charge in [-0.05, 0) is 42.8 Å². The first-order valence-corrected chi connectivity index (χ1v) is 14.1. The zero-order chi connectivity index (χ0) is 30.2. The molecule has 1 aliphatic heterocycles. The van der Waals surface area contributed by atoms with E-state index in [1.54, 1.807) is 13.0 Å². The summed E-state index contributed by atoms with van der Waals surface area (Å²) in [6.07, 6.45) is 0.335. The van der Waals surface area contributed by atoms with E-state index >= 15 is 0 Å². The van der Waals surface area contributed by atoms with Gasteiger partial charge in [-0.2, -0.15) is 0 Å². The van der Waals surface area contributed by atoms with Crippen LogP contribution in [-0.2, 0) is 46.4 Å². The van der Waals surface area contributed by atoms with Gasteiger partial charge in [0.25, 0.3) is 0 Å². The van der Waals surface area contributed by atoms with Gasteiger partial charge in [0.2, 0.25) is 0 Å². The number of azide groups is 1. The Kier molecular flexibility index (Phi) is 14.0. The number of esters is 2. The molecule has 1 heterocycles. The van der Waals surface area contributed by atoms with Gasteiger partial charge in [0, 0.05) is 25.0 Å². The molecule has 0 aromatic heterocycles. The van der Waals surface area contributed by atoms with Crippen LogP contribution in [0, 0.1) is 0 Å². The van der Waals surface area contributed by atoms with Gasteiger partial charge in [0.05, 0.1) is 12.7 Å². The van der Waals surface area contributed by atoms with E-state index in [1.807, 2.05) is 60.7 Å². The van der Waals surface area contributed by atoms with Gasteiger partial charge >= 0.3 is 11.9 Å². The molecule has 226 valence electrons. The summed E-state index contributed by atoms with van der Waals surface area (Å²) in [5.74, 6) is -0.818. The van der Waals surface area contributed by atoms with Gasteiger partial charge in [0.15, 0.2) is 12.4 Å². The van der Waals surface area contributed by atoms with E-state index in [9.17, 15) is 15.1 Å². The molecule has 0 radical (unpaired) electrons. The van der Waals surface area contributed by atoms with Crippen molar-refractivity contribution < 1.29 is 33.3 Å². The highest BCUT2D eigenvalue weighted by Crippen LogP contribution is 2.29. The van der Waals surface area contributed by atoms with Crippen LogP contribution in [0.15, 0.2) is 78.4 Å². The average Bonchev–Trinajstić information content (AvgIpc) is 2.99. The average molecular weight is 581 g/mol. The quantitative estimate of drug-likeness (QED) is 0.0688. The van der Waals surface area contributed by atoms with Gasteiger partial charge in [0.1, 0.15) is 24.8 Å². The Balaban J connectivity index is 1.56. The number of benzene rings is 2. The molecule has 1 fully saturated rings. The predicted octanol–water partition coefficient (Wildman–Crippen LogP) is 5.00. The minimum atomic E-state index is -0.902. The summed E-state index contributed by atoms with van der Waals surface area (Å²) in [5.41, 5.74) is 11.2. The van der Waals surface area contributed by atoms with Crippen LogP contribution in [0.3, 0.4) is 0 Å². The third-order valence-electron chi connectivity index (χ3n) is 6.72. The second-order valence-electron chi connectivity index (χ2n) is 9.94. The fourth-order valence-corrected chi connectivity index (χ4v) is 4.65. The van der Waals surface area contributed by atoms with Crippen molar-refractivity contribution in [2.75, 3.05) is 13.2 Å². The van der Waals surface area contributed by atoms with Crippen LogP contribution in [0.5, 0.6) is 0 Å². The fourth-order valence-electron chi connectivity index (χ4n) is 4.65. The maximum absolute atomic E-state index is 13.0. The standard InChI is InChI=1S/C31H40N4O7/c1-4-18-38-29-27(34-35-32)31(41-22(2)28(29)42-23(3)36)39-19-12-11-17-26(33-20-24-13-7-5-8-14-24)30(37)40-21-25-15-9-6-10-16-25/h4-10,13-16,22,26-29,31,33H,1,11-12,17-21H2,2-3H3/t22-,26?,27-,28-,29-,31-/m1/s1. The Bertz CT molecular complexity index is 1160. The van der Waals surface area contributed by atoms with Crippen LogP contribution in [0.1, 0.15) is 44.2 Å². The molecular weight excluding hydrogens is 540 g/mol. The van der Waals surface area contributed by atoms with E-state index in [-0.39, 0.29) is 25.8 Å². The minimum absolute atomic E-state index is 0.164. The maximum atomic E-state index is 13.0. The highest BCUT2D eigenvalue weighted by atomic mass is 16.7. The molecule has 0 amide bonds. The summed E-state index contributed by atoms with van der Waals surface area (Å²) in [4.78, 5) is 27.6. The molecule has 42 heavy (non-hydrogen) atoms. The molecule has 0 spiro atoms. The Labute approximate surface area is 246 Å². The largest absolute Gasteiger partial charge is 0.460 e. The normalized spacial score (nSPS) is 22.4. The third kappa shape index (κ3) is 10.6. The second-order valence-corrected chi connectivity index (χ2v) is 9.94. The summed E-state index contributed by atoms with van der Waals surface area (Å²) < 4.78 is 28.8. The number of carbonyl (C=O) groups is 2. The molecule has 1 aliphatic rings. The molecule has 6 atom stereocenters. The predicted molar refractivity (Wildman–Crippen MR) is 156 cm³/mol. The molecule has 0 saturated carbocycles. The summed E-state index contributed by atoms with van der Waals surface area (Å²) in [6, 6.07) is 18.0. The van der Waals surface area contributed by atoms with Crippen LogP contribution in [0.4, 0.5) is 0 Å². The van der Waals surface area contributed by atoms with Crippen LogP contribution in [-0.4, -0.2) is 61.8 Å². The number of nitrogens with one attached hydrogen (secondary N) is 1. The number of unbranched alkanes of at least 4 members (excludes halogenated alkanes) is 1. The van der Waals surface area contributed by atoms with Gasteiger partial charge in [-0.15, -0.1) is 6.58 Å². The Morgan fingerprint density at radius 1 is 1.07 bits per heavy atom. The number of hydrogen-bond acceptors (Lipinski definition) is 9. The van der Waals surface area contributed by atoms with Crippen molar-refractivity contribution in [3.8, 4) is 0 Å². The van der Waals surface area contributed by atoms with Crippen LogP contribution in [0.2, 0.25) is 0 Å². The van der Waals surface area contributed by atoms with E-state index < -0.39 is 42.7 Å². The molecular formula is C31H40N4O7. The molecule has 0 aliphatic carbocycles. The van der Waals surface area contributed by atoms with Gasteiger partial charge in [-0.3, -0.25) is 9.59 Å². The molecule has 2 aromatic carbocycles. The van der Waals surface area contributed by atoms with Crippen molar-refractivity contribution in [2.45, 2.75) is 82.9 Å². The monoisotopic (exact) mass is 580 g/mol.